The topological polar surface area (TPSA) is 32.7 Å². The Labute approximate surface area is 114 Å². The highest BCUT2D eigenvalue weighted by molar-refractivity contribution is 6.20. The molecule has 100 valence electrons. The summed E-state index contributed by atoms with van der Waals surface area (Å²) >= 11 is 0. The Balaban J connectivity index is 2.16. The highest BCUT2D eigenvalue weighted by atomic mass is 16.1. The zero-order valence-corrected chi connectivity index (χ0v) is 11.9. The molecule has 1 heterocycles. The van der Waals surface area contributed by atoms with E-state index in [1.165, 1.54) is 0 Å². The van der Waals surface area contributed by atoms with Gasteiger partial charge in [-0.25, -0.2) is 0 Å². The average molecular weight is 256 g/mol. The lowest BCUT2D eigenvalue weighted by atomic mass is 9.71. The summed E-state index contributed by atoms with van der Waals surface area (Å²) in [5.41, 5.74) is 1.58. The first-order valence-electron chi connectivity index (χ1n) is 6.85. The largest absolute Gasteiger partial charge is 0.364 e. The highest BCUT2D eigenvalue weighted by Crippen LogP contribution is 2.38. The SMILES string of the molecule is CC1C=C2C(=NC3C=CC=CC3N2C)C(C)(C)C1=O. The van der Waals surface area contributed by atoms with Crippen molar-refractivity contribution in [3.8, 4) is 0 Å². The summed E-state index contributed by atoms with van der Waals surface area (Å²) < 4.78 is 0. The fourth-order valence-corrected chi connectivity index (χ4v) is 3.28. The van der Waals surface area contributed by atoms with Crippen LogP contribution in [-0.4, -0.2) is 35.5 Å². The molecular weight excluding hydrogens is 236 g/mol. The van der Waals surface area contributed by atoms with Gasteiger partial charge in [-0.2, -0.15) is 0 Å². The zero-order valence-electron chi connectivity index (χ0n) is 11.9. The van der Waals surface area contributed by atoms with Gasteiger partial charge in [0.15, 0.2) is 5.78 Å². The standard InChI is InChI=1S/C16H20N2O/c1-10-9-13-14(16(2,3)15(10)19)17-11-7-5-6-8-12(11)18(13)4/h5-12H,1-4H3. The molecule has 1 aliphatic heterocycles. The Hall–Kier alpha value is -1.64. The van der Waals surface area contributed by atoms with Crippen LogP contribution in [0.3, 0.4) is 0 Å². The lowest BCUT2D eigenvalue weighted by Gasteiger charge is -2.45. The third-order valence-electron chi connectivity index (χ3n) is 4.46. The minimum Gasteiger partial charge on any atom is -0.364 e. The molecule has 0 aromatic carbocycles. The van der Waals surface area contributed by atoms with Crippen molar-refractivity contribution in [2.24, 2.45) is 16.3 Å². The van der Waals surface area contributed by atoms with Gasteiger partial charge in [-0.05, 0) is 19.9 Å². The summed E-state index contributed by atoms with van der Waals surface area (Å²) in [4.78, 5) is 19.5. The van der Waals surface area contributed by atoms with Crippen molar-refractivity contribution in [1.82, 2.24) is 4.90 Å². The Bertz CT molecular complexity index is 551. The number of fused-ring (bicyclic) bond motifs is 2. The summed E-state index contributed by atoms with van der Waals surface area (Å²) in [6.45, 7) is 5.97. The number of hydrogen-bond donors (Lipinski definition) is 0. The molecule has 0 saturated carbocycles. The Kier molecular flexibility index (Phi) is 2.56. The van der Waals surface area contributed by atoms with Crippen molar-refractivity contribution in [1.29, 1.82) is 0 Å². The minimum atomic E-state index is -0.488. The number of rotatable bonds is 0. The van der Waals surface area contributed by atoms with E-state index in [1.807, 2.05) is 26.8 Å². The molecule has 0 spiro atoms. The van der Waals surface area contributed by atoms with Crippen molar-refractivity contribution < 1.29 is 4.79 Å². The summed E-state index contributed by atoms with van der Waals surface area (Å²) in [6, 6.07) is 0.402. The van der Waals surface area contributed by atoms with Crippen molar-refractivity contribution in [2.45, 2.75) is 32.9 Å². The van der Waals surface area contributed by atoms with Gasteiger partial charge in [0.1, 0.15) is 0 Å². The van der Waals surface area contributed by atoms with Crippen molar-refractivity contribution in [2.75, 3.05) is 7.05 Å². The van der Waals surface area contributed by atoms with Crippen molar-refractivity contribution in [3.63, 3.8) is 0 Å². The first kappa shape index (κ1) is 12.4. The third-order valence-corrected chi connectivity index (χ3v) is 4.46. The van der Waals surface area contributed by atoms with Crippen LogP contribution in [0.2, 0.25) is 0 Å². The lowest BCUT2D eigenvalue weighted by molar-refractivity contribution is -0.126. The summed E-state index contributed by atoms with van der Waals surface area (Å²) in [5.74, 6) is 0.225. The molecule has 3 heteroatoms. The van der Waals surface area contributed by atoms with E-state index in [4.69, 9.17) is 4.99 Å². The molecule has 19 heavy (non-hydrogen) atoms. The van der Waals surface area contributed by atoms with Crippen LogP contribution in [0.25, 0.3) is 0 Å². The number of ketones is 1. The molecule has 0 fully saturated rings. The zero-order chi connectivity index (χ0) is 13.8. The van der Waals surface area contributed by atoms with Crippen LogP contribution in [0.1, 0.15) is 20.8 Å². The summed E-state index contributed by atoms with van der Waals surface area (Å²) in [7, 11) is 2.10. The van der Waals surface area contributed by atoms with Crippen molar-refractivity contribution in [3.05, 3.63) is 36.1 Å². The van der Waals surface area contributed by atoms with Gasteiger partial charge in [0.05, 0.1) is 28.9 Å². The minimum absolute atomic E-state index is 0.0361. The van der Waals surface area contributed by atoms with E-state index in [0.717, 1.165) is 11.4 Å². The predicted molar refractivity (Wildman–Crippen MR) is 77.1 cm³/mol. The number of allylic oxidation sites excluding steroid dienone is 4. The van der Waals surface area contributed by atoms with E-state index >= 15 is 0 Å². The van der Waals surface area contributed by atoms with Gasteiger partial charge >= 0.3 is 0 Å². The van der Waals surface area contributed by atoms with Crippen LogP contribution < -0.4 is 0 Å². The summed E-state index contributed by atoms with van der Waals surface area (Å²) in [6.07, 6.45) is 10.5. The molecule has 2 aliphatic carbocycles. The smallest absolute Gasteiger partial charge is 0.151 e. The maximum atomic E-state index is 12.4. The fourth-order valence-electron chi connectivity index (χ4n) is 3.28. The molecule has 0 aromatic rings. The molecule has 3 nitrogen and oxygen atoms in total. The average Bonchev–Trinajstić information content (AvgIpc) is 2.39. The monoisotopic (exact) mass is 256 g/mol. The van der Waals surface area contributed by atoms with Crippen molar-refractivity contribution >= 4 is 11.5 Å². The number of likely N-dealkylation sites (N-methyl/N-ethyl adjacent to an activating group) is 1. The van der Waals surface area contributed by atoms with Gasteiger partial charge < -0.3 is 4.90 Å². The number of carbonyl (C=O) groups excluding carboxylic acids is 1. The van der Waals surface area contributed by atoms with Gasteiger partial charge in [0.2, 0.25) is 0 Å². The second kappa shape index (κ2) is 3.92. The normalized spacial score (nSPS) is 35.5. The number of Topliss-reactive ketones (excluding diaryl/α,β-unsaturated/α-hetero) is 1. The van der Waals surface area contributed by atoms with E-state index in [2.05, 4.69) is 36.3 Å². The van der Waals surface area contributed by atoms with E-state index in [9.17, 15) is 4.79 Å². The molecule has 0 amide bonds. The van der Waals surface area contributed by atoms with Crippen LogP contribution in [0.4, 0.5) is 0 Å². The first-order chi connectivity index (χ1) is 8.93. The third kappa shape index (κ3) is 1.64. The van der Waals surface area contributed by atoms with E-state index in [0.29, 0.717) is 0 Å². The molecule has 0 N–H and O–H groups in total. The molecule has 3 rings (SSSR count). The van der Waals surface area contributed by atoms with Gasteiger partial charge in [-0.15, -0.1) is 0 Å². The quantitative estimate of drug-likeness (QED) is 0.666. The second-order valence-corrected chi connectivity index (χ2v) is 6.17. The molecule has 0 bridgehead atoms. The Morgan fingerprint density at radius 1 is 1.26 bits per heavy atom. The number of aliphatic imine (C=N–C) groups is 1. The summed E-state index contributed by atoms with van der Waals surface area (Å²) in [5, 5.41) is 0. The molecule has 3 unspecified atom stereocenters. The molecule has 0 aromatic heterocycles. The Morgan fingerprint density at radius 2 is 1.95 bits per heavy atom. The molecule has 0 radical (unpaired) electrons. The molecule has 3 aliphatic rings. The van der Waals surface area contributed by atoms with Gasteiger partial charge in [0, 0.05) is 13.0 Å². The lowest BCUT2D eigenvalue weighted by Crippen LogP contribution is -2.53. The predicted octanol–water partition coefficient (Wildman–Crippen LogP) is 2.36. The van der Waals surface area contributed by atoms with Gasteiger partial charge in [-0.1, -0.05) is 31.2 Å². The maximum Gasteiger partial charge on any atom is 0.151 e. The molecular formula is C16H20N2O. The van der Waals surface area contributed by atoms with Crippen LogP contribution in [0, 0.1) is 11.3 Å². The fraction of sp³-hybridized carbons (Fsp3) is 0.500. The number of nitrogens with zero attached hydrogens (tertiary/aromatic N) is 2. The second-order valence-electron chi connectivity index (χ2n) is 6.17. The molecule has 3 atom stereocenters. The molecule has 0 saturated heterocycles. The van der Waals surface area contributed by atoms with Crippen LogP contribution in [0.5, 0.6) is 0 Å². The first-order valence-corrected chi connectivity index (χ1v) is 6.85. The van der Waals surface area contributed by atoms with Crippen LogP contribution in [0.15, 0.2) is 41.1 Å². The number of hydrogen-bond acceptors (Lipinski definition) is 3. The van der Waals surface area contributed by atoms with Crippen LogP contribution in [-0.2, 0) is 4.79 Å². The van der Waals surface area contributed by atoms with Crippen LogP contribution >= 0.6 is 0 Å². The van der Waals surface area contributed by atoms with E-state index in [1.54, 1.807) is 0 Å². The van der Waals surface area contributed by atoms with E-state index < -0.39 is 5.41 Å². The Morgan fingerprint density at radius 3 is 2.68 bits per heavy atom. The maximum absolute atomic E-state index is 12.4. The van der Waals surface area contributed by atoms with Gasteiger partial charge in [0.25, 0.3) is 0 Å². The van der Waals surface area contributed by atoms with E-state index in [-0.39, 0.29) is 23.8 Å². The number of carbonyl (C=O) groups is 1. The van der Waals surface area contributed by atoms with Gasteiger partial charge in [-0.3, -0.25) is 9.79 Å². The highest BCUT2D eigenvalue weighted by Gasteiger charge is 2.46.